The van der Waals surface area contributed by atoms with Gasteiger partial charge in [0.1, 0.15) is 11.4 Å². The van der Waals surface area contributed by atoms with Crippen molar-refractivity contribution in [1.29, 1.82) is 0 Å². The van der Waals surface area contributed by atoms with Gasteiger partial charge in [0.05, 0.1) is 17.2 Å². The van der Waals surface area contributed by atoms with Crippen molar-refractivity contribution in [2.75, 3.05) is 11.3 Å². The van der Waals surface area contributed by atoms with Gasteiger partial charge in [-0.3, -0.25) is 9.40 Å². The number of carbonyl (C=O) groups is 1. The fourth-order valence-electron chi connectivity index (χ4n) is 2.02. The normalized spacial score (nSPS) is 11.3. The van der Waals surface area contributed by atoms with Crippen molar-refractivity contribution in [1.82, 2.24) is 9.78 Å². The molecular formula is C14H16FN3O4S. The highest BCUT2D eigenvalue weighted by Gasteiger charge is 2.25. The van der Waals surface area contributed by atoms with Crippen molar-refractivity contribution in [2.24, 2.45) is 7.05 Å². The molecule has 23 heavy (non-hydrogen) atoms. The largest absolute Gasteiger partial charge is 0.462 e. The molecule has 7 nitrogen and oxygen atoms in total. The first-order chi connectivity index (χ1) is 10.8. The van der Waals surface area contributed by atoms with Gasteiger partial charge in [-0.1, -0.05) is 0 Å². The first-order valence-corrected chi connectivity index (χ1v) is 8.23. The first kappa shape index (κ1) is 16.9. The quantitative estimate of drug-likeness (QED) is 0.838. The maximum atomic E-state index is 12.9. The third-order valence-electron chi connectivity index (χ3n) is 3.06. The van der Waals surface area contributed by atoms with Gasteiger partial charge in [0, 0.05) is 7.05 Å². The summed E-state index contributed by atoms with van der Waals surface area (Å²) in [6.45, 7) is 3.37. The number of halogens is 1. The molecule has 0 amide bonds. The SMILES string of the molecule is CCOC(=O)c1c(C)nn(C)c1NS(=O)(=O)c1ccc(F)cc1. The number of aromatic nitrogens is 2. The predicted molar refractivity (Wildman–Crippen MR) is 81.1 cm³/mol. The smallest absolute Gasteiger partial charge is 0.343 e. The van der Waals surface area contributed by atoms with E-state index in [0.717, 1.165) is 24.3 Å². The van der Waals surface area contributed by atoms with E-state index in [1.807, 2.05) is 0 Å². The van der Waals surface area contributed by atoms with Gasteiger partial charge in [0.15, 0.2) is 5.82 Å². The average molecular weight is 341 g/mol. The van der Waals surface area contributed by atoms with Crippen molar-refractivity contribution >= 4 is 21.8 Å². The highest BCUT2D eigenvalue weighted by molar-refractivity contribution is 7.92. The number of nitrogens with zero attached hydrogens (tertiary/aromatic N) is 2. The highest BCUT2D eigenvalue weighted by atomic mass is 32.2. The lowest BCUT2D eigenvalue weighted by molar-refractivity contribution is 0.0526. The fourth-order valence-corrected chi connectivity index (χ4v) is 3.12. The Hall–Kier alpha value is -2.42. The van der Waals surface area contributed by atoms with Crippen LogP contribution in [0.4, 0.5) is 10.2 Å². The molecule has 0 aliphatic rings. The molecule has 124 valence electrons. The van der Waals surface area contributed by atoms with Gasteiger partial charge >= 0.3 is 5.97 Å². The van der Waals surface area contributed by atoms with Gasteiger partial charge in [-0.05, 0) is 38.1 Å². The van der Waals surface area contributed by atoms with Crippen LogP contribution >= 0.6 is 0 Å². The Kier molecular flexibility index (Phi) is 4.69. The predicted octanol–water partition coefficient (Wildman–Crippen LogP) is 1.85. The Labute approximate surface area is 133 Å². The van der Waals surface area contributed by atoms with Crippen LogP contribution in [0.25, 0.3) is 0 Å². The standard InChI is InChI=1S/C14H16FN3O4S/c1-4-22-14(19)12-9(2)16-18(3)13(12)17-23(20,21)11-7-5-10(15)6-8-11/h5-8,17H,4H2,1-3H3. The summed E-state index contributed by atoms with van der Waals surface area (Å²) in [5, 5.41) is 4.04. The van der Waals surface area contributed by atoms with Crippen LogP contribution in [-0.2, 0) is 21.8 Å². The van der Waals surface area contributed by atoms with Crippen molar-refractivity contribution in [2.45, 2.75) is 18.7 Å². The second kappa shape index (κ2) is 6.37. The summed E-state index contributed by atoms with van der Waals surface area (Å²) in [5.41, 5.74) is 0.378. The molecule has 1 aromatic carbocycles. The fraction of sp³-hybridized carbons (Fsp3) is 0.286. The molecule has 0 spiro atoms. The zero-order valence-corrected chi connectivity index (χ0v) is 13.6. The van der Waals surface area contributed by atoms with Gasteiger partial charge in [0.2, 0.25) is 0 Å². The molecule has 0 fully saturated rings. The number of nitrogens with one attached hydrogen (secondary N) is 1. The van der Waals surface area contributed by atoms with Crippen LogP contribution in [0.5, 0.6) is 0 Å². The molecule has 1 N–H and O–H groups in total. The minimum absolute atomic E-state index is 0.00900. The first-order valence-electron chi connectivity index (χ1n) is 6.75. The maximum absolute atomic E-state index is 12.9. The molecule has 0 atom stereocenters. The molecule has 9 heteroatoms. The second-order valence-electron chi connectivity index (χ2n) is 4.71. The topological polar surface area (TPSA) is 90.3 Å². The van der Waals surface area contributed by atoms with E-state index in [4.69, 9.17) is 4.74 Å². The molecule has 2 rings (SSSR count). The van der Waals surface area contributed by atoms with Crippen LogP contribution in [0.15, 0.2) is 29.2 Å². The van der Waals surface area contributed by atoms with Crippen molar-refractivity contribution in [3.8, 4) is 0 Å². The number of sulfonamides is 1. The third kappa shape index (κ3) is 3.50. The minimum Gasteiger partial charge on any atom is -0.462 e. The summed E-state index contributed by atoms with van der Waals surface area (Å²) in [6.07, 6.45) is 0. The van der Waals surface area contributed by atoms with Crippen LogP contribution in [-0.4, -0.2) is 30.8 Å². The number of ether oxygens (including phenoxy) is 1. The number of carbonyl (C=O) groups excluding carboxylic acids is 1. The molecule has 0 aliphatic heterocycles. The van der Waals surface area contributed by atoms with Gasteiger partial charge < -0.3 is 4.74 Å². The van der Waals surface area contributed by atoms with Crippen molar-refractivity contribution in [3.63, 3.8) is 0 Å². The number of hydrogen-bond acceptors (Lipinski definition) is 5. The summed E-state index contributed by atoms with van der Waals surface area (Å²) in [6, 6.07) is 4.33. The van der Waals surface area contributed by atoms with Crippen LogP contribution in [0.1, 0.15) is 23.0 Å². The van der Waals surface area contributed by atoms with E-state index in [-0.39, 0.29) is 22.9 Å². The zero-order valence-electron chi connectivity index (χ0n) is 12.8. The van der Waals surface area contributed by atoms with E-state index < -0.39 is 21.8 Å². The van der Waals surface area contributed by atoms with E-state index in [1.165, 1.54) is 11.7 Å². The number of rotatable bonds is 5. The summed E-state index contributed by atoms with van der Waals surface area (Å²) in [7, 11) is -2.50. The molecule has 1 heterocycles. The molecular weight excluding hydrogens is 325 g/mol. The molecule has 1 aromatic heterocycles. The Morgan fingerprint density at radius 2 is 1.96 bits per heavy atom. The summed E-state index contributed by atoms with van der Waals surface area (Å²) in [5.74, 6) is -1.23. The molecule has 0 radical (unpaired) electrons. The number of aryl methyl sites for hydroxylation is 2. The molecule has 0 saturated carbocycles. The van der Waals surface area contributed by atoms with Crippen LogP contribution in [0.3, 0.4) is 0 Å². The van der Waals surface area contributed by atoms with E-state index in [0.29, 0.717) is 5.69 Å². The monoisotopic (exact) mass is 341 g/mol. The lowest BCUT2D eigenvalue weighted by Crippen LogP contribution is -2.18. The number of benzene rings is 1. The Morgan fingerprint density at radius 3 is 2.52 bits per heavy atom. The molecule has 2 aromatic rings. The lowest BCUT2D eigenvalue weighted by atomic mass is 10.2. The summed E-state index contributed by atoms with van der Waals surface area (Å²) < 4.78 is 46.2. The van der Waals surface area contributed by atoms with Gasteiger partial charge in [-0.25, -0.2) is 17.6 Å². The van der Waals surface area contributed by atoms with Gasteiger partial charge in [0.25, 0.3) is 10.0 Å². The van der Waals surface area contributed by atoms with E-state index >= 15 is 0 Å². The highest BCUT2D eigenvalue weighted by Crippen LogP contribution is 2.23. The van der Waals surface area contributed by atoms with E-state index in [1.54, 1.807) is 13.8 Å². The summed E-state index contributed by atoms with van der Waals surface area (Å²) in [4.78, 5) is 11.9. The summed E-state index contributed by atoms with van der Waals surface area (Å²) >= 11 is 0. The van der Waals surface area contributed by atoms with Crippen LogP contribution in [0.2, 0.25) is 0 Å². The molecule has 0 aliphatic carbocycles. The van der Waals surface area contributed by atoms with E-state index in [2.05, 4.69) is 9.82 Å². The lowest BCUT2D eigenvalue weighted by Gasteiger charge is -2.10. The van der Waals surface area contributed by atoms with Crippen LogP contribution in [0, 0.1) is 12.7 Å². The van der Waals surface area contributed by atoms with Crippen LogP contribution < -0.4 is 4.72 Å². The molecule has 0 saturated heterocycles. The third-order valence-corrected chi connectivity index (χ3v) is 4.41. The average Bonchev–Trinajstić information content (AvgIpc) is 2.73. The Morgan fingerprint density at radius 1 is 1.35 bits per heavy atom. The minimum atomic E-state index is -4.00. The zero-order chi connectivity index (χ0) is 17.2. The number of hydrogen-bond donors (Lipinski definition) is 1. The molecule has 0 unspecified atom stereocenters. The van der Waals surface area contributed by atoms with Crippen molar-refractivity contribution in [3.05, 3.63) is 41.3 Å². The van der Waals surface area contributed by atoms with Gasteiger partial charge in [-0.2, -0.15) is 5.10 Å². The maximum Gasteiger partial charge on any atom is 0.343 e. The number of esters is 1. The Balaban J connectivity index is 2.43. The second-order valence-corrected chi connectivity index (χ2v) is 6.39. The Bertz CT molecular complexity index is 828. The number of anilines is 1. The molecule has 0 bridgehead atoms. The van der Waals surface area contributed by atoms with Gasteiger partial charge in [-0.15, -0.1) is 0 Å². The van der Waals surface area contributed by atoms with E-state index in [9.17, 15) is 17.6 Å². The van der Waals surface area contributed by atoms with Crippen molar-refractivity contribution < 1.29 is 22.3 Å².